The third-order valence-corrected chi connectivity index (χ3v) is 2.89. The fourth-order valence-electron chi connectivity index (χ4n) is 2.17. The van der Waals surface area contributed by atoms with Crippen molar-refractivity contribution < 1.29 is 13.2 Å². The van der Waals surface area contributed by atoms with E-state index in [1.165, 1.54) is 12.4 Å². The zero-order valence-electron chi connectivity index (χ0n) is 10.2. The van der Waals surface area contributed by atoms with Crippen molar-refractivity contribution in [1.82, 2.24) is 20.0 Å². The summed E-state index contributed by atoms with van der Waals surface area (Å²) in [5.41, 5.74) is 0.827. The number of nitrogens with one attached hydrogen (secondary N) is 1. The number of alkyl halides is 3. The molecule has 0 amide bonds. The Bertz CT molecular complexity index is 388. The van der Waals surface area contributed by atoms with Gasteiger partial charge in [0.05, 0.1) is 6.20 Å². The molecule has 1 unspecified atom stereocenters. The molecular weight excluding hydrogens is 245 g/mol. The highest BCUT2D eigenvalue weighted by molar-refractivity contribution is 5.04. The summed E-state index contributed by atoms with van der Waals surface area (Å²) in [6, 6.07) is 0.420. The number of aromatic nitrogens is 2. The van der Waals surface area contributed by atoms with Gasteiger partial charge in [-0.2, -0.15) is 18.3 Å². The molecule has 1 aromatic rings. The third kappa shape index (κ3) is 3.99. The second kappa shape index (κ2) is 5.27. The lowest BCUT2D eigenvalue weighted by molar-refractivity contribution is -0.142. The van der Waals surface area contributed by atoms with Crippen LogP contribution in [0.25, 0.3) is 0 Å². The monoisotopic (exact) mass is 262 g/mol. The van der Waals surface area contributed by atoms with Gasteiger partial charge in [0.1, 0.15) is 6.54 Å². The van der Waals surface area contributed by atoms with Gasteiger partial charge in [-0.3, -0.25) is 9.58 Å². The number of piperazine rings is 1. The molecule has 18 heavy (non-hydrogen) atoms. The van der Waals surface area contributed by atoms with Crippen LogP contribution in [0.4, 0.5) is 13.2 Å². The van der Waals surface area contributed by atoms with E-state index in [1.807, 2.05) is 0 Å². The van der Waals surface area contributed by atoms with Crippen LogP contribution in [0, 0.1) is 0 Å². The highest BCUT2D eigenvalue weighted by Gasteiger charge is 2.28. The van der Waals surface area contributed by atoms with E-state index in [9.17, 15) is 13.2 Å². The van der Waals surface area contributed by atoms with Gasteiger partial charge in [0.2, 0.25) is 0 Å². The minimum atomic E-state index is -4.22. The van der Waals surface area contributed by atoms with Crippen molar-refractivity contribution in [2.75, 3.05) is 19.6 Å². The standard InChI is InChI=1S/C11H17F3N4/c1-9-5-17(3-2-15-9)6-10-4-16-18(7-10)8-11(12,13)14/h4,7,9,15H,2-3,5-6,8H2,1H3. The average molecular weight is 262 g/mol. The summed E-state index contributed by atoms with van der Waals surface area (Å²) in [5, 5.41) is 7.06. The van der Waals surface area contributed by atoms with Crippen molar-refractivity contribution in [1.29, 1.82) is 0 Å². The second-order valence-corrected chi connectivity index (χ2v) is 4.75. The summed E-state index contributed by atoms with van der Waals surface area (Å²) in [7, 11) is 0. The molecule has 1 aliphatic rings. The zero-order valence-corrected chi connectivity index (χ0v) is 10.2. The molecule has 0 spiro atoms. The van der Waals surface area contributed by atoms with Gasteiger partial charge in [0.25, 0.3) is 0 Å². The first-order valence-electron chi connectivity index (χ1n) is 5.96. The molecule has 1 fully saturated rings. The van der Waals surface area contributed by atoms with E-state index in [0.717, 1.165) is 29.9 Å². The largest absolute Gasteiger partial charge is 0.408 e. The van der Waals surface area contributed by atoms with Gasteiger partial charge >= 0.3 is 6.18 Å². The lowest BCUT2D eigenvalue weighted by Crippen LogP contribution is -2.48. The van der Waals surface area contributed by atoms with Crippen LogP contribution in [0.5, 0.6) is 0 Å². The lowest BCUT2D eigenvalue weighted by Gasteiger charge is -2.31. The third-order valence-electron chi connectivity index (χ3n) is 2.89. The predicted octanol–water partition coefficient (Wildman–Crippen LogP) is 1.24. The molecule has 2 heterocycles. The molecule has 0 aromatic carbocycles. The minimum absolute atomic E-state index is 0.420. The lowest BCUT2D eigenvalue weighted by atomic mass is 10.2. The molecule has 0 aliphatic carbocycles. The Balaban J connectivity index is 1.90. The van der Waals surface area contributed by atoms with Gasteiger partial charge in [-0.25, -0.2) is 0 Å². The van der Waals surface area contributed by atoms with E-state index >= 15 is 0 Å². The van der Waals surface area contributed by atoms with E-state index in [0.29, 0.717) is 12.6 Å². The van der Waals surface area contributed by atoms with Crippen LogP contribution < -0.4 is 5.32 Å². The topological polar surface area (TPSA) is 33.1 Å². The van der Waals surface area contributed by atoms with E-state index in [4.69, 9.17) is 0 Å². The Hall–Kier alpha value is -1.08. The van der Waals surface area contributed by atoms with E-state index in [-0.39, 0.29) is 0 Å². The van der Waals surface area contributed by atoms with Crippen LogP contribution in [-0.2, 0) is 13.1 Å². The first-order chi connectivity index (χ1) is 8.42. The van der Waals surface area contributed by atoms with Crippen molar-refractivity contribution in [2.45, 2.75) is 32.2 Å². The van der Waals surface area contributed by atoms with Crippen molar-refractivity contribution in [2.24, 2.45) is 0 Å². The van der Waals surface area contributed by atoms with Crippen LogP contribution in [0.3, 0.4) is 0 Å². The predicted molar refractivity (Wildman–Crippen MR) is 61.0 cm³/mol. The van der Waals surface area contributed by atoms with Gasteiger partial charge in [-0.15, -0.1) is 0 Å². The summed E-state index contributed by atoms with van der Waals surface area (Å²) in [4.78, 5) is 2.22. The maximum absolute atomic E-state index is 12.2. The van der Waals surface area contributed by atoms with Crippen LogP contribution in [0.2, 0.25) is 0 Å². The first-order valence-corrected chi connectivity index (χ1v) is 5.96. The van der Waals surface area contributed by atoms with Gasteiger partial charge in [0, 0.05) is 44.0 Å². The quantitative estimate of drug-likeness (QED) is 0.889. The summed E-state index contributed by atoms with van der Waals surface area (Å²) < 4.78 is 37.5. The van der Waals surface area contributed by atoms with Gasteiger partial charge < -0.3 is 5.32 Å². The smallest absolute Gasteiger partial charge is 0.312 e. The molecule has 1 aromatic heterocycles. The van der Waals surface area contributed by atoms with E-state index < -0.39 is 12.7 Å². The minimum Gasteiger partial charge on any atom is -0.312 e. The number of hydrogen-bond donors (Lipinski definition) is 1. The number of rotatable bonds is 3. The molecule has 1 atom stereocenters. The molecule has 0 saturated carbocycles. The van der Waals surface area contributed by atoms with Crippen molar-refractivity contribution in [3.63, 3.8) is 0 Å². The highest BCUT2D eigenvalue weighted by atomic mass is 19.4. The van der Waals surface area contributed by atoms with Crippen molar-refractivity contribution >= 4 is 0 Å². The molecule has 1 saturated heterocycles. The van der Waals surface area contributed by atoms with Crippen LogP contribution in [0.15, 0.2) is 12.4 Å². The Morgan fingerprint density at radius 1 is 1.50 bits per heavy atom. The fraction of sp³-hybridized carbons (Fsp3) is 0.727. The van der Waals surface area contributed by atoms with Crippen LogP contribution in [-0.4, -0.2) is 46.5 Å². The fourth-order valence-corrected chi connectivity index (χ4v) is 2.17. The average Bonchev–Trinajstić information content (AvgIpc) is 2.62. The van der Waals surface area contributed by atoms with E-state index in [1.54, 1.807) is 0 Å². The molecule has 2 rings (SSSR count). The molecule has 4 nitrogen and oxygen atoms in total. The Kier molecular flexibility index (Phi) is 3.91. The molecular formula is C11H17F3N4. The van der Waals surface area contributed by atoms with E-state index in [2.05, 4.69) is 22.2 Å². The summed E-state index contributed by atoms with van der Waals surface area (Å²) in [5.74, 6) is 0. The number of halogens is 3. The van der Waals surface area contributed by atoms with Gasteiger partial charge in [-0.1, -0.05) is 0 Å². The van der Waals surface area contributed by atoms with Gasteiger partial charge in [-0.05, 0) is 6.92 Å². The maximum atomic E-state index is 12.2. The second-order valence-electron chi connectivity index (χ2n) is 4.75. The number of hydrogen-bond acceptors (Lipinski definition) is 3. The highest BCUT2D eigenvalue weighted by Crippen LogP contribution is 2.17. The number of nitrogens with zero attached hydrogens (tertiary/aromatic N) is 3. The van der Waals surface area contributed by atoms with Crippen molar-refractivity contribution in [3.05, 3.63) is 18.0 Å². The Morgan fingerprint density at radius 2 is 2.28 bits per heavy atom. The summed E-state index contributed by atoms with van der Waals surface area (Å²) >= 11 is 0. The van der Waals surface area contributed by atoms with Crippen LogP contribution >= 0.6 is 0 Å². The molecule has 1 N–H and O–H groups in total. The van der Waals surface area contributed by atoms with Crippen molar-refractivity contribution in [3.8, 4) is 0 Å². The Morgan fingerprint density at radius 3 is 2.94 bits per heavy atom. The zero-order chi connectivity index (χ0) is 13.2. The molecule has 7 heteroatoms. The summed E-state index contributed by atoms with van der Waals surface area (Å²) in [6.07, 6.45) is -1.23. The normalized spacial score (nSPS) is 22.3. The van der Waals surface area contributed by atoms with Gasteiger partial charge in [0.15, 0.2) is 0 Å². The maximum Gasteiger partial charge on any atom is 0.408 e. The molecule has 102 valence electrons. The first kappa shape index (κ1) is 13.4. The molecule has 0 radical (unpaired) electrons. The SMILES string of the molecule is CC1CN(Cc2cnn(CC(F)(F)F)c2)CCN1. The Labute approximate surface area is 104 Å². The molecule has 1 aliphatic heterocycles. The molecule has 0 bridgehead atoms. The summed E-state index contributed by atoms with van der Waals surface area (Å²) in [6.45, 7) is 4.46. The van der Waals surface area contributed by atoms with Crippen LogP contribution in [0.1, 0.15) is 12.5 Å².